The first-order chi connectivity index (χ1) is 9.68. The minimum Gasteiger partial charge on any atom is -0.369 e. The predicted molar refractivity (Wildman–Crippen MR) is 80.5 cm³/mol. The average Bonchev–Trinajstić information content (AvgIpc) is 2.46. The Bertz CT molecular complexity index is 578. The molecule has 2 N–H and O–H groups in total. The third-order valence-electron chi connectivity index (χ3n) is 3.01. The first-order valence-electron chi connectivity index (χ1n) is 6.90. The standard InChI is InChI=1S/C15H20N4O/c1-11(2)15(20)17-9-5-8-16-14-12-6-3-4-7-13(12)18-10-19-14/h3-4,6-7,10-11H,5,8-9H2,1-2H3,(H,17,20)(H,16,18,19). The summed E-state index contributed by atoms with van der Waals surface area (Å²) in [5.74, 6) is 0.969. The first-order valence-corrected chi connectivity index (χ1v) is 6.90. The molecule has 5 heteroatoms. The summed E-state index contributed by atoms with van der Waals surface area (Å²) in [4.78, 5) is 19.9. The molecular weight excluding hydrogens is 252 g/mol. The van der Waals surface area contributed by atoms with Gasteiger partial charge in [0, 0.05) is 24.4 Å². The number of carbonyl (C=O) groups is 1. The number of fused-ring (bicyclic) bond motifs is 1. The van der Waals surface area contributed by atoms with Gasteiger partial charge in [-0.3, -0.25) is 4.79 Å². The number of para-hydroxylation sites is 1. The summed E-state index contributed by atoms with van der Waals surface area (Å²) in [6.45, 7) is 5.22. The maximum atomic E-state index is 11.4. The summed E-state index contributed by atoms with van der Waals surface area (Å²) in [7, 11) is 0. The van der Waals surface area contributed by atoms with E-state index in [0.717, 1.165) is 29.7 Å². The Morgan fingerprint density at radius 3 is 2.80 bits per heavy atom. The van der Waals surface area contributed by atoms with E-state index in [1.54, 1.807) is 6.33 Å². The largest absolute Gasteiger partial charge is 0.369 e. The number of nitrogens with zero attached hydrogens (tertiary/aromatic N) is 2. The molecule has 0 aliphatic heterocycles. The highest BCUT2D eigenvalue weighted by Gasteiger charge is 2.05. The van der Waals surface area contributed by atoms with Gasteiger partial charge in [-0.15, -0.1) is 0 Å². The lowest BCUT2D eigenvalue weighted by atomic mass is 10.2. The fourth-order valence-corrected chi connectivity index (χ4v) is 1.86. The quantitative estimate of drug-likeness (QED) is 0.791. The number of nitrogens with one attached hydrogen (secondary N) is 2. The fourth-order valence-electron chi connectivity index (χ4n) is 1.86. The lowest BCUT2D eigenvalue weighted by molar-refractivity contribution is -0.123. The molecular formula is C15H20N4O. The van der Waals surface area contributed by atoms with Crippen LogP contribution in [-0.4, -0.2) is 29.0 Å². The number of benzene rings is 1. The molecule has 1 heterocycles. The normalized spacial score (nSPS) is 10.8. The Balaban J connectivity index is 1.83. The van der Waals surface area contributed by atoms with Crippen molar-refractivity contribution in [2.75, 3.05) is 18.4 Å². The van der Waals surface area contributed by atoms with Gasteiger partial charge in [-0.2, -0.15) is 0 Å². The van der Waals surface area contributed by atoms with Gasteiger partial charge in [0.2, 0.25) is 5.91 Å². The van der Waals surface area contributed by atoms with Crippen molar-refractivity contribution in [1.29, 1.82) is 0 Å². The highest BCUT2D eigenvalue weighted by atomic mass is 16.1. The summed E-state index contributed by atoms with van der Waals surface area (Å²) < 4.78 is 0. The molecule has 1 amide bonds. The molecule has 2 aromatic rings. The topological polar surface area (TPSA) is 66.9 Å². The lowest BCUT2D eigenvalue weighted by Crippen LogP contribution is -2.29. The minimum absolute atomic E-state index is 0.0359. The SMILES string of the molecule is CC(C)C(=O)NCCCNc1ncnc2ccccc12. The third-order valence-corrected chi connectivity index (χ3v) is 3.01. The van der Waals surface area contributed by atoms with E-state index >= 15 is 0 Å². The van der Waals surface area contributed by atoms with Gasteiger partial charge in [-0.05, 0) is 18.6 Å². The summed E-state index contributed by atoms with van der Waals surface area (Å²) in [5.41, 5.74) is 0.929. The Morgan fingerprint density at radius 1 is 1.20 bits per heavy atom. The Kier molecular flexibility index (Phi) is 4.87. The van der Waals surface area contributed by atoms with Gasteiger partial charge in [0.15, 0.2) is 0 Å². The van der Waals surface area contributed by atoms with Crippen molar-refractivity contribution in [3.05, 3.63) is 30.6 Å². The Hall–Kier alpha value is -2.17. The molecule has 0 saturated heterocycles. The molecule has 20 heavy (non-hydrogen) atoms. The molecule has 0 aliphatic carbocycles. The van der Waals surface area contributed by atoms with Gasteiger partial charge in [0.25, 0.3) is 0 Å². The summed E-state index contributed by atoms with van der Waals surface area (Å²) in [6.07, 6.45) is 2.42. The van der Waals surface area contributed by atoms with E-state index in [9.17, 15) is 4.79 Å². The molecule has 0 spiro atoms. The van der Waals surface area contributed by atoms with Crippen molar-refractivity contribution < 1.29 is 4.79 Å². The van der Waals surface area contributed by atoms with Crippen molar-refractivity contribution in [3.63, 3.8) is 0 Å². The summed E-state index contributed by atoms with van der Waals surface area (Å²) in [6, 6.07) is 7.89. The minimum atomic E-state index is 0.0359. The number of anilines is 1. The highest BCUT2D eigenvalue weighted by molar-refractivity contribution is 5.88. The van der Waals surface area contributed by atoms with Crippen LogP contribution in [0, 0.1) is 5.92 Å². The van der Waals surface area contributed by atoms with Gasteiger partial charge >= 0.3 is 0 Å². The van der Waals surface area contributed by atoms with Crippen molar-refractivity contribution in [2.24, 2.45) is 5.92 Å². The van der Waals surface area contributed by atoms with Crippen LogP contribution in [0.1, 0.15) is 20.3 Å². The van der Waals surface area contributed by atoms with Gasteiger partial charge in [0.1, 0.15) is 12.1 Å². The van der Waals surface area contributed by atoms with E-state index in [-0.39, 0.29) is 11.8 Å². The van der Waals surface area contributed by atoms with Gasteiger partial charge in [-0.1, -0.05) is 26.0 Å². The average molecular weight is 272 g/mol. The second-order valence-electron chi connectivity index (χ2n) is 4.97. The first kappa shape index (κ1) is 14.2. The maximum Gasteiger partial charge on any atom is 0.222 e. The second-order valence-corrected chi connectivity index (χ2v) is 4.97. The molecule has 0 aliphatic rings. The molecule has 0 atom stereocenters. The number of carbonyl (C=O) groups excluding carboxylic acids is 1. The summed E-state index contributed by atoms with van der Waals surface area (Å²) >= 11 is 0. The zero-order valence-corrected chi connectivity index (χ0v) is 11.9. The van der Waals surface area contributed by atoms with Gasteiger partial charge in [0.05, 0.1) is 5.52 Å². The van der Waals surface area contributed by atoms with E-state index in [2.05, 4.69) is 20.6 Å². The van der Waals surface area contributed by atoms with Crippen LogP contribution in [-0.2, 0) is 4.79 Å². The van der Waals surface area contributed by atoms with Crippen LogP contribution >= 0.6 is 0 Å². The molecule has 0 unspecified atom stereocenters. The molecule has 0 radical (unpaired) electrons. The molecule has 1 aromatic heterocycles. The monoisotopic (exact) mass is 272 g/mol. The maximum absolute atomic E-state index is 11.4. The summed E-state index contributed by atoms with van der Waals surface area (Å²) in [5, 5.41) is 7.20. The zero-order valence-electron chi connectivity index (χ0n) is 11.9. The molecule has 0 saturated carbocycles. The number of aromatic nitrogens is 2. The molecule has 0 fully saturated rings. The van der Waals surface area contributed by atoms with Crippen LogP contribution in [0.15, 0.2) is 30.6 Å². The fraction of sp³-hybridized carbons (Fsp3) is 0.400. The number of rotatable bonds is 6. The highest BCUT2D eigenvalue weighted by Crippen LogP contribution is 2.17. The van der Waals surface area contributed by atoms with E-state index in [4.69, 9.17) is 0 Å². The van der Waals surface area contributed by atoms with E-state index in [0.29, 0.717) is 6.54 Å². The number of amides is 1. The van der Waals surface area contributed by atoms with Gasteiger partial charge < -0.3 is 10.6 Å². The molecule has 2 rings (SSSR count). The van der Waals surface area contributed by atoms with Crippen molar-refractivity contribution in [2.45, 2.75) is 20.3 Å². The van der Waals surface area contributed by atoms with Crippen molar-refractivity contribution >= 4 is 22.6 Å². The number of hydrogen-bond acceptors (Lipinski definition) is 4. The van der Waals surface area contributed by atoms with Crippen LogP contribution in [0.2, 0.25) is 0 Å². The molecule has 5 nitrogen and oxygen atoms in total. The molecule has 106 valence electrons. The zero-order chi connectivity index (χ0) is 14.4. The van der Waals surface area contributed by atoms with Crippen LogP contribution in [0.4, 0.5) is 5.82 Å². The van der Waals surface area contributed by atoms with Crippen LogP contribution in [0.5, 0.6) is 0 Å². The van der Waals surface area contributed by atoms with Crippen molar-refractivity contribution in [1.82, 2.24) is 15.3 Å². The Labute approximate surface area is 118 Å². The van der Waals surface area contributed by atoms with Gasteiger partial charge in [-0.25, -0.2) is 9.97 Å². The Morgan fingerprint density at radius 2 is 2.00 bits per heavy atom. The van der Waals surface area contributed by atoms with Crippen LogP contribution in [0.3, 0.4) is 0 Å². The lowest BCUT2D eigenvalue weighted by Gasteiger charge is -2.09. The van der Waals surface area contributed by atoms with E-state index in [1.807, 2.05) is 38.1 Å². The van der Waals surface area contributed by atoms with E-state index < -0.39 is 0 Å². The predicted octanol–water partition coefficient (Wildman–Crippen LogP) is 2.20. The number of hydrogen-bond donors (Lipinski definition) is 2. The third kappa shape index (κ3) is 3.66. The van der Waals surface area contributed by atoms with Crippen LogP contribution < -0.4 is 10.6 Å². The van der Waals surface area contributed by atoms with Crippen molar-refractivity contribution in [3.8, 4) is 0 Å². The molecule has 0 bridgehead atoms. The van der Waals surface area contributed by atoms with E-state index in [1.165, 1.54) is 0 Å². The molecule has 1 aromatic carbocycles. The smallest absolute Gasteiger partial charge is 0.222 e. The second kappa shape index (κ2) is 6.84. The van der Waals surface area contributed by atoms with Crippen LogP contribution in [0.25, 0.3) is 10.9 Å².